The van der Waals surface area contributed by atoms with Gasteiger partial charge < -0.3 is 14.9 Å². The topological polar surface area (TPSA) is 66.8 Å². The fraction of sp³-hybridized carbons (Fsp3) is 0.720. The van der Waals surface area contributed by atoms with Crippen LogP contribution in [0.1, 0.15) is 66.7 Å². The van der Waals surface area contributed by atoms with Gasteiger partial charge in [0.15, 0.2) is 5.78 Å². The van der Waals surface area contributed by atoms with Crippen LogP contribution in [0.25, 0.3) is 0 Å². The van der Waals surface area contributed by atoms with E-state index in [1.165, 1.54) is 5.57 Å². The molecule has 0 aromatic rings. The van der Waals surface area contributed by atoms with Crippen LogP contribution in [-0.4, -0.2) is 40.4 Å². The van der Waals surface area contributed by atoms with Gasteiger partial charge >= 0.3 is 0 Å². The second kappa shape index (κ2) is 7.18. The first-order valence-electron chi connectivity index (χ1n) is 11.2. The third kappa shape index (κ3) is 3.19. The van der Waals surface area contributed by atoms with Crippen molar-refractivity contribution < 1.29 is 19.7 Å². The summed E-state index contributed by atoms with van der Waals surface area (Å²) in [6.45, 7) is 10.6. The van der Waals surface area contributed by atoms with E-state index in [4.69, 9.17) is 4.74 Å². The first-order chi connectivity index (χ1) is 13.6. The highest BCUT2D eigenvalue weighted by atomic mass is 16.5. The monoisotopic (exact) mass is 400 g/mol. The number of aliphatic hydroxyl groups excluding tert-OH is 2. The summed E-state index contributed by atoms with van der Waals surface area (Å²) < 4.78 is 6.79. The Morgan fingerprint density at radius 2 is 2.03 bits per heavy atom. The third-order valence-corrected chi connectivity index (χ3v) is 8.40. The van der Waals surface area contributed by atoms with Crippen molar-refractivity contribution in [2.75, 3.05) is 6.61 Å². The Morgan fingerprint density at radius 1 is 1.31 bits per heavy atom. The Kier molecular flexibility index (Phi) is 5.20. The zero-order valence-electron chi connectivity index (χ0n) is 18.5. The van der Waals surface area contributed by atoms with E-state index in [1.54, 1.807) is 6.08 Å². The Bertz CT molecular complexity index is 802. The summed E-state index contributed by atoms with van der Waals surface area (Å²) in [7, 11) is 0. The summed E-state index contributed by atoms with van der Waals surface area (Å²) in [4.78, 5) is 12.7. The summed E-state index contributed by atoms with van der Waals surface area (Å²) in [6.07, 6.45) is 7.80. The highest BCUT2D eigenvalue weighted by Crippen LogP contribution is 2.63. The molecule has 4 nitrogen and oxygen atoms in total. The van der Waals surface area contributed by atoms with Crippen molar-refractivity contribution in [1.82, 2.24) is 0 Å². The highest BCUT2D eigenvalue weighted by Gasteiger charge is 2.62. The van der Waals surface area contributed by atoms with Gasteiger partial charge in [-0.15, -0.1) is 0 Å². The lowest BCUT2D eigenvalue weighted by atomic mass is 9.62. The lowest BCUT2D eigenvalue weighted by molar-refractivity contribution is -0.112. The number of ketones is 1. The SMILES string of the molecule is CC(C)=C[C@H]1C[C@H](C)[C@]2(CC[C@]3(C)C[C@@H]4C(C)=CC(=O)/C4=C(\CO)[C@@H](O)C[C@H]32)O1. The fourth-order valence-electron chi connectivity index (χ4n) is 6.98. The summed E-state index contributed by atoms with van der Waals surface area (Å²) in [6, 6.07) is 0. The van der Waals surface area contributed by atoms with Gasteiger partial charge in [0.25, 0.3) is 0 Å². The molecule has 0 amide bonds. The van der Waals surface area contributed by atoms with Gasteiger partial charge in [0.2, 0.25) is 0 Å². The summed E-state index contributed by atoms with van der Waals surface area (Å²) in [5.74, 6) is 0.610. The van der Waals surface area contributed by atoms with E-state index in [9.17, 15) is 15.0 Å². The molecule has 1 heterocycles. The van der Waals surface area contributed by atoms with Gasteiger partial charge in [-0.2, -0.15) is 0 Å². The normalized spacial score (nSPS) is 46.9. The molecule has 0 aromatic carbocycles. The van der Waals surface area contributed by atoms with Gasteiger partial charge in [0, 0.05) is 11.5 Å². The molecule has 1 aliphatic heterocycles. The van der Waals surface area contributed by atoms with E-state index >= 15 is 0 Å². The quantitative estimate of drug-likeness (QED) is 0.684. The van der Waals surface area contributed by atoms with Crippen molar-refractivity contribution in [1.29, 1.82) is 0 Å². The number of rotatable bonds is 2. The molecule has 0 aromatic heterocycles. The Hall–Kier alpha value is -1.23. The van der Waals surface area contributed by atoms with Crippen LogP contribution in [-0.2, 0) is 9.53 Å². The predicted molar refractivity (Wildman–Crippen MR) is 113 cm³/mol. The van der Waals surface area contributed by atoms with Crippen molar-refractivity contribution in [3.63, 3.8) is 0 Å². The summed E-state index contributed by atoms with van der Waals surface area (Å²) in [5, 5.41) is 21.2. The number of carbonyl (C=O) groups excluding carboxylic acids is 1. The van der Waals surface area contributed by atoms with Crippen molar-refractivity contribution in [3.8, 4) is 0 Å². The molecule has 4 rings (SSSR count). The average Bonchev–Trinajstić information content (AvgIpc) is 3.17. The number of hydrogen-bond donors (Lipinski definition) is 2. The maximum absolute atomic E-state index is 12.7. The fourth-order valence-corrected chi connectivity index (χ4v) is 6.98. The molecular weight excluding hydrogens is 364 g/mol. The molecule has 1 saturated heterocycles. The highest BCUT2D eigenvalue weighted by molar-refractivity contribution is 6.08. The van der Waals surface area contributed by atoms with Crippen LogP contribution in [0.15, 0.2) is 34.4 Å². The minimum absolute atomic E-state index is 0.00568. The van der Waals surface area contributed by atoms with Gasteiger partial charge in [-0.1, -0.05) is 31.1 Å². The van der Waals surface area contributed by atoms with E-state index in [-0.39, 0.29) is 41.3 Å². The Morgan fingerprint density at radius 3 is 2.69 bits per heavy atom. The van der Waals surface area contributed by atoms with Crippen LogP contribution < -0.4 is 0 Å². The molecule has 4 heteroatoms. The van der Waals surface area contributed by atoms with Gasteiger partial charge in [0.05, 0.1) is 24.4 Å². The van der Waals surface area contributed by atoms with Crippen molar-refractivity contribution in [2.45, 2.75) is 84.5 Å². The lowest BCUT2D eigenvalue weighted by Gasteiger charge is -2.45. The second-order valence-corrected chi connectivity index (χ2v) is 10.6. The van der Waals surface area contributed by atoms with Crippen molar-refractivity contribution >= 4 is 5.78 Å². The average molecular weight is 401 g/mol. The number of allylic oxidation sites excluding steroid dienone is 4. The molecule has 160 valence electrons. The molecule has 0 radical (unpaired) electrons. The zero-order valence-corrected chi connectivity index (χ0v) is 18.5. The molecule has 0 unspecified atom stereocenters. The van der Waals surface area contributed by atoms with E-state index in [2.05, 4.69) is 33.8 Å². The summed E-state index contributed by atoms with van der Waals surface area (Å²) in [5.41, 5.74) is 3.30. The van der Waals surface area contributed by atoms with Crippen molar-refractivity contribution in [2.24, 2.45) is 23.2 Å². The van der Waals surface area contributed by atoms with Gasteiger partial charge in [-0.3, -0.25) is 4.79 Å². The largest absolute Gasteiger partial charge is 0.392 e. The number of hydrogen-bond acceptors (Lipinski definition) is 4. The predicted octanol–water partition coefficient (Wildman–Crippen LogP) is 4.12. The number of ether oxygens (including phenoxy) is 1. The summed E-state index contributed by atoms with van der Waals surface area (Å²) >= 11 is 0. The molecule has 4 aliphatic rings. The van der Waals surface area contributed by atoms with Crippen LogP contribution in [0.3, 0.4) is 0 Å². The van der Waals surface area contributed by atoms with Gasteiger partial charge in [0.1, 0.15) is 0 Å². The standard InChI is InChI=1S/C25H36O4/c1-14(2)8-17-10-16(4)25(29-17)7-6-24(5)12-18-15(3)9-21(28)23(18)19(13-26)20(27)11-22(24)25/h8-9,16-18,20,22,26-27H,6-7,10-13H2,1-5H3/b23-19+/t16-,17-,18+,20-,22+,24+,25-/m0/s1. The van der Waals surface area contributed by atoms with Crippen LogP contribution >= 0.6 is 0 Å². The van der Waals surface area contributed by atoms with E-state index in [0.29, 0.717) is 23.5 Å². The van der Waals surface area contributed by atoms with Crippen LogP contribution in [0.2, 0.25) is 0 Å². The van der Waals surface area contributed by atoms with Gasteiger partial charge in [-0.05, 0) is 81.8 Å². The smallest absolute Gasteiger partial charge is 0.182 e. The minimum atomic E-state index is -0.793. The molecule has 3 aliphatic carbocycles. The zero-order chi connectivity index (χ0) is 21.1. The molecule has 1 spiro atoms. The van der Waals surface area contributed by atoms with Crippen molar-refractivity contribution in [3.05, 3.63) is 34.4 Å². The molecule has 7 atom stereocenters. The van der Waals surface area contributed by atoms with Gasteiger partial charge in [-0.25, -0.2) is 0 Å². The maximum atomic E-state index is 12.7. The molecule has 2 N–H and O–H groups in total. The molecule has 0 bridgehead atoms. The van der Waals surface area contributed by atoms with Crippen LogP contribution in [0, 0.1) is 23.2 Å². The second-order valence-electron chi connectivity index (χ2n) is 10.6. The lowest BCUT2D eigenvalue weighted by Crippen LogP contribution is -2.46. The first-order valence-corrected chi connectivity index (χ1v) is 11.2. The minimum Gasteiger partial charge on any atom is -0.392 e. The van der Waals surface area contributed by atoms with E-state index in [1.807, 2.05) is 6.92 Å². The third-order valence-electron chi connectivity index (χ3n) is 8.40. The molecule has 1 saturated carbocycles. The molecule has 29 heavy (non-hydrogen) atoms. The van der Waals surface area contributed by atoms with Crippen LogP contribution in [0.4, 0.5) is 0 Å². The number of aliphatic hydroxyl groups is 2. The first kappa shape index (κ1) is 21.0. The van der Waals surface area contributed by atoms with E-state index in [0.717, 1.165) is 31.3 Å². The Labute approximate surface area is 174 Å². The number of carbonyl (C=O) groups is 1. The van der Waals surface area contributed by atoms with Crippen LogP contribution in [0.5, 0.6) is 0 Å². The Balaban J connectivity index is 1.75. The maximum Gasteiger partial charge on any atom is 0.182 e. The molecular formula is C25H36O4. The number of fused-ring (bicyclic) bond motifs is 3. The molecule has 2 fully saturated rings. The van der Waals surface area contributed by atoms with E-state index < -0.39 is 6.10 Å².